The minimum Gasteiger partial charge on any atom is -0.497 e. The monoisotopic (exact) mass is 363 g/mol. The molecule has 124 valence electrons. The number of nitrogens with one attached hydrogen (secondary N) is 1. The van der Waals surface area contributed by atoms with Crippen LogP contribution in [0.3, 0.4) is 0 Å². The van der Waals surface area contributed by atoms with Crippen LogP contribution in [0, 0.1) is 6.92 Å². The molecule has 0 spiro atoms. The van der Waals surface area contributed by atoms with E-state index in [0.717, 1.165) is 27.7 Å². The highest BCUT2D eigenvalue weighted by atomic mass is 35.5. The van der Waals surface area contributed by atoms with Gasteiger partial charge in [-0.1, -0.05) is 29.3 Å². The Balaban J connectivity index is 2.31. The molecule has 2 N–H and O–H groups in total. The summed E-state index contributed by atoms with van der Waals surface area (Å²) in [6.07, 6.45) is -0.109. The van der Waals surface area contributed by atoms with Gasteiger partial charge in [-0.25, -0.2) is 0 Å². The van der Waals surface area contributed by atoms with Gasteiger partial charge in [0, 0.05) is 10.9 Å². The van der Waals surface area contributed by atoms with E-state index in [1.54, 1.807) is 19.2 Å². The molecule has 1 aromatic heterocycles. The minimum absolute atomic E-state index is 0.109. The molecule has 0 aliphatic heterocycles. The minimum atomic E-state index is -0.905. The zero-order valence-corrected chi connectivity index (χ0v) is 14.6. The Bertz CT molecular complexity index is 947. The van der Waals surface area contributed by atoms with E-state index in [2.05, 4.69) is 4.98 Å². The van der Waals surface area contributed by atoms with Crippen molar-refractivity contribution in [2.24, 2.45) is 0 Å². The summed E-state index contributed by atoms with van der Waals surface area (Å²) in [5.41, 5.74) is 4.06. The number of rotatable bonds is 4. The van der Waals surface area contributed by atoms with Crippen molar-refractivity contribution in [1.82, 2.24) is 4.98 Å². The van der Waals surface area contributed by atoms with Gasteiger partial charge in [0.1, 0.15) is 5.75 Å². The molecule has 0 saturated carbocycles. The number of benzene rings is 2. The summed E-state index contributed by atoms with van der Waals surface area (Å²) in [5, 5.41) is 11.0. The number of ether oxygens (including phenoxy) is 1. The number of H-pyrrole nitrogens is 1. The van der Waals surface area contributed by atoms with E-state index < -0.39 is 5.97 Å². The van der Waals surface area contributed by atoms with E-state index in [9.17, 15) is 9.90 Å². The van der Waals surface area contributed by atoms with Gasteiger partial charge in [-0.3, -0.25) is 4.79 Å². The van der Waals surface area contributed by atoms with Gasteiger partial charge in [0.2, 0.25) is 0 Å². The largest absolute Gasteiger partial charge is 0.497 e. The normalized spacial score (nSPS) is 11.0. The highest BCUT2D eigenvalue weighted by Crippen LogP contribution is 2.36. The Morgan fingerprint density at radius 2 is 1.96 bits per heavy atom. The first-order valence-corrected chi connectivity index (χ1v) is 8.02. The summed E-state index contributed by atoms with van der Waals surface area (Å²) >= 11 is 12.1. The molecule has 0 atom stereocenters. The molecular weight excluding hydrogens is 349 g/mol. The van der Waals surface area contributed by atoms with Crippen LogP contribution < -0.4 is 4.74 Å². The average molecular weight is 364 g/mol. The molecule has 4 nitrogen and oxygen atoms in total. The third-order valence-electron chi connectivity index (χ3n) is 3.96. The number of hydrogen-bond acceptors (Lipinski definition) is 2. The number of aliphatic carboxylic acids is 1. The molecule has 3 aromatic rings. The van der Waals surface area contributed by atoms with Crippen molar-refractivity contribution in [2.45, 2.75) is 13.3 Å². The molecule has 2 aromatic carbocycles. The summed E-state index contributed by atoms with van der Waals surface area (Å²) < 4.78 is 5.31. The predicted octanol–water partition coefficient (Wildman–Crippen LogP) is 5.09. The molecule has 24 heavy (non-hydrogen) atoms. The standard InChI is InChI=1S/C18H15Cl2NO3/c1-9-5-11(24-2)7-12-13(8-16(22)23)18(21-17(9)12)10-3-4-14(19)15(20)6-10/h3-7,21H,8H2,1-2H3,(H,22,23). The quantitative estimate of drug-likeness (QED) is 0.678. The Kier molecular flexibility index (Phi) is 4.43. The van der Waals surface area contributed by atoms with Crippen LogP contribution in [-0.4, -0.2) is 23.2 Å². The van der Waals surface area contributed by atoms with Gasteiger partial charge in [0.15, 0.2) is 0 Å². The van der Waals surface area contributed by atoms with Crippen LogP contribution in [0.2, 0.25) is 10.0 Å². The summed E-state index contributed by atoms with van der Waals surface area (Å²) in [5.74, 6) is -0.219. The molecule has 0 unspecified atom stereocenters. The van der Waals surface area contributed by atoms with Gasteiger partial charge >= 0.3 is 5.97 Å². The van der Waals surface area contributed by atoms with Gasteiger partial charge < -0.3 is 14.8 Å². The van der Waals surface area contributed by atoms with Crippen molar-refractivity contribution in [3.05, 3.63) is 51.5 Å². The second-order valence-corrected chi connectivity index (χ2v) is 6.36. The molecule has 1 heterocycles. The Labute approximate surface area is 149 Å². The average Bonchev–Trinajstić information content (AvgIpc) is 2.88. The maximum Gasteiger partial charge on any atom is 0.307 e. The lowest BCUT2D eigenvalue weighted by molar-refractivity contribution is -0.136. The SMILES string of the molecule is COc1cc(C)c2[nH]c(-c3ccc(Cl)c(Cl)c3)c(CC(=O)O)c2c1. The van der Waals surface area contributed by atoms with E-state index >= 15 is 0 Å². The van der Waals surface area contributed by atoms with Crippen molar-refractivity contribution in [2.75, 3.05) is 7.11 Å². The molecule has 0 amide bonds. The number of hydrogen-bond donors (Lipinski definition) is 2. The zero-order valence-electron chi connectivity index (χ0n) is 13.1. The number of aromatic amines is 1. The highest BCUT2D eigenvalue weighted by Gasteiger charge is 2.18. The van der Waals surface area contributed by atoms with Crippen LogP contribution in [0.4, 0.5) is 0 Å². The van der Waals surface area contributed by atoms with Crippen molar-refractivity contribution in [1.29, 1.82) is 0 Å². The third-order valence-corrected chi connectivity index (χ3v) is 4.70. The van der Waals surface area contributed by atoms with Gasteiger partial charge in [0.25, 0.3) is 0 Å². The highest BCUT2D eigenvalue weighted by molar-refractivity contribution is 6.42. The maximum atomic E-state index is 11.4. The molecule has 0 fully saturated rings. The van der Waals surface area contributed by atoms with E-state index in [1.165, 1.54) is 0 Å². The van der Waals surface area contributed by atoms with Gasteiger partial charge in [-0.2, -0.15) is 0 Å². The number of carboxylic acid groups (broad SMARTS) is 1. The predicted molar refractivity (Wildman–Crippen MR) is 96.4 cm³/mol. The molecule has 0 radical (unpaired) electrons. The lowest BCUT2D eigenvalue weighted by Crippen LogP contribution is -2.01. The van der Waals surface area contributed by atoms with E-state index in [-0.39, 0.29) is 6.42 Å². The third kappa shape index (κ3) is 2.95. The maximum absolute atomic E-state index is 11.4. The fraction of sp³-hybridized carbons (Fsp3) is 0.167. The molecule has 6 heteroatoms. The molecule has 0 bridgehead atoms. The van der Waals surface area contributed by atoms with E-state index in [4.69, 9.17) is 27.9 Å². The lowest BCUT2D eigenvalue weighted by atomic mass is 10.0. The fourth-order valence-corrected chi connectivity index (χ4v) is 3.14. The second-order valence-electron chi connectivity index (χ2n) is 5.54. The summed E-state index contributed by atoms with van der Waals surface area (Å²) in [6.45, 7) is 1.95. The number of methoxy groups -OCH3 is 1. The topological polar surface area (TPSA) is 62.3 Å². The van der Waals surface area contributed by atoms with Crippen LogP contribution in [-0.2, 0) is 11.2 Å². The molecule has 0 aliphatic carbocycles. The summed E-state index contributed by atoms with van der Waals surface area (Å²) in [6, 6.07) is 8.99. The van der Waals surface area contributed by atoms with Gasteiger partial charge in [-0.15, -0.1) is 0 Å². The molecular formula is C18H15Cl2NO3. The van der Waals surface area contributed by atoms with Crippen molar-refractivity contribution >= 4 is 40.1 Å². The van der Waals surface area contributed by atoms with Crippen LogP contribution in [0.5, 0.6) is 5.75 Å². The van der Waals surface area contributed by atoms with Crippen molar-refractivity contribution < 1.29 is 14.6 Å². The first-order valence-electron chi connectivity index (χ1n) is 7.27. The smallest absolute Gasteiger partial charge is 0.307 e. The summed E-state index contributed by atoms with van der Waals surface area (Å²) in [4.78, 5) is 14.7. The number of aromatic nitrogens is 1. The van der Waals surface area contributed by atoms with Gasteiger partial charge in [0.05, 0.1) is 29.3 Å². The van der Waals surface area contributed by atoms with E-state index in [1.807, 2.05) is 25.1 Å². The van der Waals surface area contributed by atoms with Crippen LogP contribution in [0.25, 0.3) is 22.2 Å². The lowest BCUT2D eigenvalue weighted by Gasteiger charge is -2.05. The van der Waals surface area contributed by atoms with Crippen LogP contribution >= 0.6 is 23.2 Å². The zero-order chi connectivity index (χ0) is 17.4. The van der Waals surface area contributed by atoms with Crippen LogP contribution in [0.1, 0.15) is 11.1 Å². The number of carbonyl (C=O) groups is 1. The van der Waals surface area contributed by atoms with Crippen molar-refractivity contribution in [3.8, 4) is 17.0 Å². The van der Waals surface area contributed by atoms with Crippen LogP contribution in [0.15, 0.2) is 30.3 Å². The Hall–Kier alpha value is -2.17. The summed E-state index contributed by atoms with van der Waals surface area (Å²) in [7, 11) is 1.59. The van der Waals surface area contributed by atoms with Crippen molar-refractivity contribution in [3.63, 3.8) is 0 Å². The molecule has 0 saturated heterocycles. The molecule has 3 rings (SSSR count). The number of fused-ring (bicyclic) bond motifs is 1. The second kappa shape index (κ2) is 6.38. The molecule has 0 aliphatic rings. The van der Waals surface area contributed by atoms with E-state index in [0.29, 0.717) is 21.4 Å². The first-order chi connectivity index (χ1) is 11.4. The Morgan fingerprint density at radius 3 is 2.58 bits per heavy atom. The first kappa shape index (κ1) is 16.7. The number of halogens is 2. The number of aryl methyl sites for hydroxylation is 1. The van der Waals surface area contributed by atoms with Gasteiger partial charge in [-0.05, 0) is 47.9 Å². The Morgan fingerprint density at radius 1 is 1.21 bits per heavy atom. The fourth-order valence-electron chi connectivity index (χ4n) is 2.84. The number of carboxylic acids is 1.